The lowest BCUT2D eigenvalue weighted by molar-refractivity contribution is 1.02. The molecule has 0 spiro atoms. The van der Waals surface area contributed by atoms with Gasteiger partial charge in [0.05, 0.1) is 23.6 Å². The first kappa shape index (κ1) is 12.4. The first-order chi connectivity index (χ1) is 10.3. The summed E-state index contributed by atoms with van der Waals surface area (Å²) >= 11 is 6.35. The van der Waals surface area contributed by atoms with E-state index >= 15 is 0 Å². The van der Waals surface area contributed by atoms with Gasteiger partial charge in [-0.15, -0.1) is 0 Å². The van der Waals surface area contributed by atoms with E-state index in [1.807, 2.05) is 36.5 Å². The summed E-state index contributed by atoms with van der Waals surface area (Å²) in [5.41, 5.74) is 5.25. The van der Waals surface area contributed by atoms with Gasteiger partial charge in [0.2, 0.25) is 0 Å². The maximum atomic E-state index is 6.35. The van der Waals surface area contributed by atoms with Crippen LogP contribution < -0.4 is 0 Å². The molecule has 1 aliphatic heterocycles. The topological polar surface area (TPSA) is 30.2 Å². The largest absolute Gasteiger partial charge is 0.315 e. The molecular weight excluding hydrogens is 282 g/mol. The van der Waals surface area contributed by atoms with E-state index in [2.05, 4.69) is 21.7 Å². The van der Waals surface area contributed by atoms with Gasteiger partial charge in [-0.3, -0.25) is 9.98 Å². The predicted octanol–water partition coefficient (Wildman–Crippen LogP) is 3.88. The highest BCUT2D eigenvalue weighted by Gasteiger charge is 2.19. The number of hydrogen-bond donors (Lipinski definition) is 0. The van der Waals surface area contributed by atoms with E-state index in [9.17, 15) is 0 Å². The fourth-order valence-electron chi connectivity index (χ4n) is 2.70. The summed E-state index contributed by atoms with van der Waals surface area (Å²) in [7, 11) is 0. The summed E-state index contributed by atoms with van der Waals surface area (Å²) in [6.07, 6.45) is 5.62. The van der Waals surface area contributed by atoms with Crippen LogP contribution in [0.3, 0.4) is 0 Å². The molecule has 4 rings (SSSR count). The summed E-state index contributed by atoms with van der Waals surface area (Å²) in [5, 5.41) is 0.756. The molecule has 3 nitrogen and oxygen atoms in total. The standard InChI is InChI=1S/C17H12ClN3/c18-14-3-1-4-15-13(14)11-20-17(12-6-8-19-9-7-12)16-5-2-10-21(15)16/h1-10H,11H2. The van der Waals surface area contributed by atoms with E-state index in [0.717, 1.165) is 33.2 Å². The summed E-state index contributed by atoms with van der Waals surface area (Å²) in [5.74, 6) is 0. The lowest BCUT2D eigenvalue weighted by atomic mass is 10.1. The number of aliphatic imine (C=N–C) groups is 1. The quantitative estimate of drug-likeness (QED) is 0.670. The minimum atomic E-state index is 0.578. The monoisotopic (exact) mass is 293 g/mol. The van der Waals surface area contributed by atoms with Gasteiger partial charge in [0, 0.05) is 34.7 Å². The van der Waals surface area contributed by atoms with Crippen LogP contribution in [0.5, 0.6) is 0 Å². The Bertz CT molecular complexity index is 834. The second-order valence-corrected chi connectivity index (χ2v) is 5.31. The van der Waals surface area contributed by atoms with Crippen molar-refractivity contribution in [3.05, 3.63) is 82.9 Å². The van der Waals surface area contributed by atoms with Gasteiger partial charge in [-0.25, -0.2) is 0 Å². The number of hydrogen-bond acceptors (Lipinski definition) is 2. The van der Waals surface area contributed by atoms with Gasteiger partial charge in [0.25, 0.3) is 0 Å². The molecule has 102 valence electrons. The third-order valence-corrected chi connectivity index (χ3v) is 4.05. The van der Waals surface area contributed by atoms with Crippen LogP contribution in [0.4, 0.5) is 0 Å². The summed E-state index contributed by atoms with van der Waals surface area (Å²) in [6, 6.07) is 14.0. The number of rotatable bonds is 1. The zero-order valence-electron chi connectivity index (χ0n) is 11.2. The predicted molar refractivity (Wildman–Crippen MR) is 84.4 cm³/mol. The Balaban J connectivity index is 1.97. The van der Waals surface area contributed by atoms with E-state index in [4.69, 9.17) is 16.6 Å². The van der Waals surface area contributed by atoms with Crippen molar-refractivity contribution in [1.29, 1.82) is 0 Å². The van der Waals surface area contributed by atoms with Gasteiger partial charge < -0.3 is 4.57 Å². The maximum absolute atomic E-state index is 6.35. The molecule has 0 unspecified atom stereocenters. The van der Waals surface area contributed by atoms with Crippen LogP contribution in [0, 0.1) is 0 Å². The highest BCUT2D eigenvalue weighted by atomic mass is 35.5. The van der Waals surface area contributed by atoms with E-state index in [1.165, 1.54) is 0 Å². The van der Waals surface area contributed by atoms with E-state index in [0.29, 0.717) is 6.54 Å². The molecule has 21 heavy (non-hydrogen) atoms. The molecule has 0 saturated heterocycles. The molecule has 3 heterocycles. The molecule has 4 heteroatoms. The van der Waals surface area contributed by atoms with Gasteiger partial charge in [-0.05, 0) is 36.4 Å². The van der Waals surface area contributed by atoms with E-state index in [-0.39, 0.29) is 0 Å². The van der Waals surface area contributed by atoms with Crippen molar-refractivity contribution >= 4 is 17.3 Å². The smallest absolute Gasteiger partial charge is 0.0892 e. The van der Waals surface area contributed by atoms with E-state index < -0.39 is 0 Å². The second-order valence-electron chi connectivity index (χ2n) is 4.90. The molecule has 1 aromatic carbocycles. The number of pyridine rings is 1. The molecule has 0 N–H and O–H groups in total. The molecule has 0 bridgehead atoms. The van der Waals surface area contributed by atoms with E-state index in [1.54, 1.807) is 12.4 Å². The van der Waals surface area contributed by atoms with Gasteiger partial charge in [-0.2, -0.15) is 0 Å². The molecular formula is C17H12ClN3. The van der Waals surface area contributed by atoms with Crippen molar-refractivity contribution in [1.82, 2.24) is 9.55 Å². The van der Waals surface area contributed by atoms with Gasteiger partial charge in [-0.1, -0.05) is 17.7 Å². The van der Waals surface area contributed by atoms with Crippen LogP contribution in [0.2, 0.25) is 5.02 Å². The highest BCUT2D eigenvalue weighted by molar-refractivity contribution is 6.31. The Labute approximate surface area is 127 Å². The molecule has 2 aromatic heterocycles. The minimum absolute atomic E-state index is 0.578. The molecule has 0 saturated carbocycles. The minimum Gasteiger partial charge on any atom is -0.315 e. The third kappa shape index (κ3) is 1.98. The maximum Gasteiger partial charge on any atom is 0.0892 e. The highest BCUT2D eigenvalue weighted by Crippen LogP contribution is 2.29. The lowest BCUT2D eigenvalue weighted by Gasteiger charge is -2.11. The SMILES string of the molecule is Clc1cccc2c1CN=C(c1ccncc1)c1cccn1-2. The first-order valence-electron chi connectivity index (χ1n) is 6.75. The number of aromatic nitrogens is 2. The van der Waals surface area contributed by atoms with Crippen molar-refractivity contribution in [2.75, 3.05) is 0 Å². The van der Waals surface area contributed by atoms with Crippen molar-refractivity contribution in [2.45, 2.75) is 6.54 Å². The number of nitrogens with zero attached hydrogens (tertiary/aromatic N) is 3. The fourth-order valence-corrected chi connectivity index (χ4v) is 2.93. The Morgan fingerprint density at radius 2 is 1.86 bits per heavy atom. The Hall–Kier alpha value is -2.39. The lowest BCUT2D eigenvalue weighted by Crippen LogP contribution is -2.08. The molecule has 3 aromatic rings. The van der Waals surface area contributed by atoms with Crippen molar-refractivity contribution < 1.29 is 0 Å². The van der Waals surface area contributed by atoms with Crippen LogP contribution in [0.25, 0.3) is 5.69 Å². The van der Waals surface area contributed by atoms with Crippen LogP contribution >= 0.6 is 11.6 Å². The van der Waals surface area contributed by atoms with Crippen LogP contribution in [-0.4, -0.2) is 15.3 Å². The van der Waals surface area contributed by atoms with Gasteiger partial charge in [0.1, 0.15) is 0 Å². The van der Waals surface area contributed by atoms with Crippen LogP contribution in [-0.2, 0) is 6.54 Å². The number of benzene rings is 1. The number of fused-ring (bicyclic) bond motifs is 3. The van der Waals surface area contributed by atoms with Crippen molar-refractivity contribution in [2.24, 2.45) is 4.99 Å². The molecule has 0 fully saturated rings. The van der Waals surface area contributed by atoms with Crippen LogP contribution in [0.1, 0.15) is 16.8 Å². The fraction of sp³-hybridized carbons (Fsp3) is 0.0588. The molecule has 0 aliphatic carbocycles. The Morgan fingerprint density at radius 3 is 2.71 bits per heavy atom. The molecule has 0 radical (unpaired) electrons. The Morgan fingerprint density at radius 1 is 1.00 bits per heavy atom. The summed E-state index contributed by atoms with van der Waals surface area (Å²) in [4.78, 5) is 8.87. The molecule has 1 aliphatic rings. The van der Waals surface area contributed by atoms with Gasteiger partial charge >= 0.3 is 0 Å². The Kier molecular flexibility index (Phi) is 2.86. The molecule has 0 amide bonds. The normalized spacial score (nSPS) is 13.1. The second kappa shape index (κ2) is 4.86. The number of halogens is 1. The van der Waals surface area contributed by atoms with Crippen molar-refractivity contribution in [3.8, 4) is 5.69 Å². The van der Waals surface area contributed by atoms with Gasteiger partial charge in [0.15, 0.2) is 0 Å². The molecule has 0 atom stereocenters. The van der Waals surface area contributed by atoms with Crippen molar-refractivity contribution in [3.63, 3.8) is 0 Å². The first-order valence-corrected chi connectivity index (χ1v) is 7.13. The third-order valence-electron chi connectivity index (χ3n) is 3.69. The van der Waals surface area contributed by atoms with Crippen LogP contribution in [0.15, 0.2) is 66.0 Å². The summed E-state index contributed by atoms with van der Waals surface area (Å²) in [6.45, 7) is 0.578. The average Bonchev–Trinajstić information content (AvgIpc) is 2.93. The zero-order chi connectivity index (χ0) is 14.2. The average molecular weight is 294 g/mol. The zero-order valence-corrected chi connectivity index (χ0v) is 12.0. The summed E-state index contributed by atoms with van der Waals surface area (Å²) < 4.78 is 2.15.